The molecule has 0 unspecified atom stereocenters. The lowest BCUT2D eigenvalue weighted by Gasteiger charge is -2.13. The molecule has 4 N–H and O–H groups in total. The van der Waals surface area contributed by atoms with Crippen LogP contribution in [0.2, 0.25) is 0 Å². The fraction of sp³-hybridized carbons (Fsp3) is 0.143. The van der Waals surface area contributed by atoms with Gasteiger partial charge in [-0.05, 0) is 43.2 Å². The molecule has 2 rings (SSSR count). The lowest BCUT2D eigenvalue weighted by Crippen LogP contribution is -2.18. The SMILES string of the molecule is Cc1ccc(C)c(NS(=O)(=O)c2ccccc2NN)c1. The molecule has 0 atom stereocenters. The zero-order chi connectivity index (χ0) is 14.8. The molecule has 2 aromatic carbocycles. The van der Waals surface area contributed by atoms with Gasteiger partial charge in [0.15, 0.2) is 0 Å². The summed E-state index contributed by atoms with van der Waals surface area (Å²) in [4.78, 5) is 0.114. The van der Waals surface area contributed by atoms with Gasteiger partial charge in [0.05, 0.1) is 11.4 Å². The number of anilines is 2. The Morgan fingerprint density at radius 3 is 2.40 bits per heavy atom. The molecule has 0 aliphatic carbocycles. The largest absolute Gasteiger partial charge is 0.323 e. The fourth-order valence-electron chi connectivity index (χ4n) is 1.87. The highest BCUT2D eigenvalue weighted by Gasteiger charge is 2.18. The number of rotatable bonds is 4. The van der Waals surface area contributed by atoms with E-state index in [-0.39, 0.29) is 4.90 Å². The molecular formula is C14H17N3O2S. The van der Waals surface area contributed by atoms with E-state index in [2.05, 4.69) is 10.1 Å². The third-order valence-corrected chi connectivity index (χ3v) is 4.39. The lowest BCUT2D eigenvalue weighted by molar-refractivity contribution is 0.601. The lowest BCUT2D eigenvalue weighted by atomic mass is 10.1. The van der Waals surface area contributed by atoms with Gasteiger partial charge in [0.25, 0.3) is 10.0 Å². The van der Waals surface area contributed by atoms with Crippen molar-refractivity contribution in [2.75, 3.05) is 10.1 Å². The van der Waals surface area contributed by atoms with Crippen LogP contribution in [0.15, 0.2) is 47.4 Å². The Hall–Kier alpha value is -2.05. The third kappa shape index (κ3) is 2.92. The van der Waals surface area contributed by atoms with Crippen LogP contribution < -0.4 is 16.0 Å². The first-order chi connectivity index (χ1) is 9.44. The van der Waals surface area contributed by atoms with E-state index in [1.165, 1.54) is 6.07 Å². The molecule has 2 aromatic rings. The molecule has 0 saturated heterocycles. The van der Waals surface area contributed by atoms with Gasteiger partial charge in [0.2, 0.25) is 0 Å². The minimum Gasteiger partial charge on any atom is -0.323 e. The highest BCUT2D eigenvalue weighted by Crippen LogP contribution is 2.25. The van der Waals surface area contributed by atoms with Gasteiger partial charge in [-0.2, -0.15) is 0 Å². The molecule has 0 spiro atoms. The Balaban J connectivity index is 2.43. The average molecular weight is 291 g/mol. The van der Waals surface area contributed by atoms with Crippen molar-refractivity contribution in [2.45, 2.75) is 18.7 Å². The second-order valence-corrected chi connectivity index (χ2v) is 6.22. The monoisotopic (exact) mass is 291 g/mol. The van der Waals surface area contributed by atoms with Crippen LogP contribution in [0.3, 0.4) is 0 Å². The normalized spacial score (nSPS) is 11.2. The molecule has 5 nitrogen and oxygen atoms in total. The van der Waals surface area contributed by atoms with Crippen LogP contribution in [0.25, 0.3) is 0 Å². The Morgan fingerprint density at radius 1 is 1.00 bits per heavy atom. The maximum absolute atomic E-state index is 12.4. The first-order valence-electron chi connectivity index (χ1n) is 6.10. The maximum atomic E-state index is 12.4. The molecule has 0 aliphatic heterocycles. The van der Waals surface area contributed by atoms with Gasteiger partial charge in [-0.3, -0.25) is 10.6 Å². The van der Waals surface area contributed by atoms with E-state index in [4.69, 9.17) is 5.84 Å². The molecule has 6 heteroatoms. The van der Waals surface area contributed by atoms with Crippen molar-refractivity contribution in [1.82, 2.24) is 0 Å². The van der Waals surface area contributed by atoms with Crippen LogP contribution in [0.5, 0.6) is 0 Å². The summed E-state index contributed by atoms with van der Waals surface area (Å²) in [6.45, 7) is 3.76. The zero-order valence-electron chi connectivity index (χ0n) is 11.3. The number of aryl methyl sites for hydroxylation is 2. The molecule has 20 heavy (non-hydrogen) atoms. The van der Waals surface area contributed by atoms with Gasteiger partial charge in [-0.15, -0.1) is 0 Å². The van der Waals surface area contributed by atoms with Crippen molar-refractivity contribution in [3.63, 3.8) is 0 Å². The smallest absolute Gasteiger partial charge is 0.264 e. The van der Waals surface area contributed by atoms with Gasteiger partial charge in [0, 0.05) is 0 Å². The molecule has 0 heterocycles. The minimum atomic E-state index is -3.69. The van der Waals surface area contributed by atoms with E-state index in [9.17, 15) is 8.42 Å². The molecule has 0 radical (unpaired) electrons. The minimum absolute atomic E-state index is 0.114. The Bertz CT molecular complexity index is 727. The van der Waals surface area contributed by atoms with Crippen LogP contribution in [0, 0.1) is 13.8 Å². The first kappa shape index (κ1) is 14.4. The number of hydrogen-bond acceptors (Lipinski definition) is 4. The summed E-state index contributed by atoms with van der Waals surface area (Å²) in [7, 11) is -3.69. The van der Waals surface area contributed by atoms with E-state index in [1.54, 1.807) is 24.3 Å². The second-order valence-electron chi connectivity index (χ2n) is 4.56. The summed E-state index contributed by atoms with van der Waals surface area (Å²) in [6.07, 6.45) is 0. The van der Waals surface area contributed by atoms with Crippen LogP contribution in [-0.4, -0.2) is 8.42 Å². The van der Waals surface area contributed by atoms with Crippen LogP contribution in [0.4, 0.5) is 11.4 Å². The zero-order valence-corrected chi connectivity index (χ0v) is 12.2. The van der Waals surface area contributed by atoms with E-state index in [0.717, 1.165) is 11.1 Å². The summed E-state index contributed by atoms with van der Waals surface area (Å²) in [5, 5.41) is 0. The van der Waals surface area contributed by atoms with Crippen LogP contribution in [-0.2, 0) is 10.0 Å². The van der Waals surface area contributed by atoms with Crippen LogP contribution in [0.1, 0.15) is 11.1 Å². The number of nitrogen functional groups attached to an aromatic ring is 1. The summed E-state index contributed by atoms with van der Waals surface area (Å²) in [5.74, 6) is 5.35. The molecular weight excluding hydrogens is 274 g/mol. The van der Waals surface area contributed by atoms with E-state index in [0.29, 0.717) is 11.4 Å². The van der Waals surface area contributed by atoms with Crippen molar-refractivity contribution >= 4 is 21.4 Å². The number of nitrogens with two attached hydrogens (primary N) is 1. The molecule has 0 aromatic heterocycles. The van der Waals surface area contributed by atoms with Crippen molar-refractivity contribution in [3.8, 4) is 0 Å². The first-order valence-corrected chi connectivity index (χ1v) is 7.58. The molecule has 106 valence electrons. The Labute approximate surface area is 118 Å². The second kappa shape index (κ2) is 5.52. The predicted octanol–water partition coefficient (Wildman–Crippen LogP) is 2.39. The number of nitrogens with one attached hydrogen (secondary N) is 2. The van der Waals surface area contributed by atoms with Crippen molar-refractivity contribution < 1.29 is 8.42 Å². The van der Waals surface area contributed by atoms with Gasteiger partial charge in [-0.25, -0.2) is 8.42 Å². The predicted molar refractivity (Wildman–Crippen MR) is 81.0 cm³/mol. The summed E-state index contributed by atoms with van der Waals surface area (Å²) in [6, 6.07) is 12.1. The van der Waals surface area contributed by atoms with Crippen molar-refractivity contribution in [2.24, 2.45) is 5.84 Å². The third-order valence-electron chi connectivity index (χ3n) is 2.97. The number of sulfonamides is 1. The van der Waals surface area contributed by atoms with Gasteiger partial charge >= 0.3 is 0 Å². The number of para-hydroxylation sites is 1. The van der Waals surface area contributed by atoms with E-state index >= 15 is 0 Å². The van der Waals surface area contributed by atoms with E-state index < -0.39 is 10.0 Å². The molecule has 0 bridgehead atoms. The molecule has 0 fully saturated rings. The summed E-state index contributed by atoms with van der Waals surface area (Å²) >= 11 is 0. The average Bonchev–Trinajstić information content (AvgIpc) is 2.42. The topological polar surface area (TPSA) is 84.2 Å². The fourth-order valence-corrected chi connectivity index (χ4v) is 3.16. The summed E-state index contributed by atoms with van der Waals surface area (Å²) < 4.78 is 27.5. The molecule has 0 aliphatic rings. The van der Waals surface area contributed by atoms with Crippen molar-refractivity contribution in [1.29, 1.82) is 0 Å². The van der Waals surface area contributed by atoms with Gasteiger partial charge < -0.3 is 5.43 Å². The van der Waals surface area contributed by atoms with Gasteiger partial charge in [0.1, 0.15) is 4.90 Å². The number of benzene rings is 2. The highest BCUT2D eigenvalue weighted by molar-refractivity contribution is 7.92. The molecule has 0 amide bonds. The van der Waals surface area contributed by atoms with Crippen LogP contribution >= 0.6 is 0 Å². The standard InChI is InChI=1S/C14H17N3O2S/c1-10-7-8-11(2)13(9-10)17-20(18,19)14-6-4-3-5-12(14)16-15/h3-9,16-17H,15H2,1-2H3. The Morgan fingerprint density at radius 2 is 1.70 bits per heavy atom. The quantitative estimate of drug-likeness (QED) is 0.596. The van der Waals surface area contributed by atoms with Crippen molar-refractivity contribution in [3.05, 3.63) is 53.6 Å². The number of hydrazine groups is 1. The maximum Gasteiger partial charge on any atom is 0.264 e. The molecule has 0 saturated carbocycles. The summed E-state index contributed by atoms with van der Waals surface area (Å²) in [5.41, 5.74) is 5.16. The highest BCUT2D eigenvalue weighted by atomic mass is 32.2. The van der Waals surface area contributed by atoms with E-state index in [1.807, 2.05) is 26.0 Å². The van der Waals surface area contributed by atoms with Gasteiger partial charge in [-0.1, -0.05) is 24.3 Å². The number of hydrogen-bond donors (Lipinski definition) is 3. The Kier molecular flexibility index (Phi) is 3.96.